The fraction of sp³-hybridized carbons (Fsp3) is 0.526. The van der Waals surface area contributed by atoms with Gasteiger partial charge in [0.1, 0.15) is 6.04 Å². The summed E-state index contributed by atoms with van der Waals surface area (Å²) in [4.78, 5) is 34.1. The third-order valence-electron chi connectivity index (χ3n) is 5.12. The van der Waals surface area contributed by atoms with Crippen LogP contribution in [0.25, 0.3) is 0 Å². The molecule has 26 heavy (non-hydrogen) atoms. The van der Waals surface area contributed by atoms with Crippen LogP contribution in [0.4, 0.5) is 5.13 Å². The van der Waals surface area contributed by atoms with Gasteiger partial charge in [0, 0.05) is 11.4 Å². The molecule has 4 rings (SSSR count). The van der Waals surface area contributed by atoms with Gasteiger partial charge in [0.05, 0.1) is 10.6 Å². The van der Waals surface area contributed by atoms with Crippen molar-refractivity contribution in [1.29, 1.82) is 0 Å². The zero-order valence-electron chi connectivity index (χ0n) is 14.7. The highest BCUT2D eigenvalue weighted by atomic mass is 32.1. The predicted molar refractivity (Wildman–Crippen MR) is 105 cm³/mol. The van der Waals surface area contributed by atoms with Crippen molar-refractivity contribution in [2.24, 2.45) is 0 Å². The van der Waals surface area contributed by atoms with E-state index in [-0.39, 0.29) is 11.8 Å². The van der Waals surface area contributed by atoms with Crippen LogP contribution in [0.15, 0.2) is 17.5 Å². The SMILES string of the molecule is O=C(Nc1nc2c(s1)CCCCC2)C1CCCCN1C(=O)c1cccs1. The number of rotatable bonds is 3. The largest absolute Gasteiger partial charge is 0.326 e. The summed E-state index contributed by atoms with van der Waals surface area (Å²) in [6.07, 6.45) is 8.35. The molecule has 0 saturated carbocycles. The topological polar surface area (TPSA) is 62.3 Å². The molecular formula is C19H23N3O2S2. The van der Waals surface area contributed by atoms with Crippen LogP contribution >= 0.6 is 22.7 Å². The molecule has 5 nitrogen and oxygen atoms in total. The second-order valence-corrected chi connectivity index (χ2v) is 8.96. The van der Waals surface area contributed by atoms with Gasteiger partial charge >= 0.3 is 0 Å². The van der Waals surface area contributed by atoms with Crippen molar-refractivity contribution in [2.45, 2.75) is 57.4 Å². The highest BCUT2D eigenvalue weighted by molar-refractivity contribution is 7.15. The summed E-state index contributed by atoms with van der Waals surface area (Å²) in [6.45, 7) is 0.642. The number of carbonyl (C=O) groups is 2. The lowest BCUT2D eigenvalue weighted by atomic mass is 10.0. The zero-order chi connectivity index (χ0) is 17.9. The van der Waals surface area contributed by atoms with Crippen LogP contribution in [0.5, 0.6) is 0 Å². The molecule has 0 bridgehead atoms. The minimum Gasteiger partial charge on any atom is -0.326 e. The van der Waals surface area contributed by atoms with E-state index in [0.717, 1.165) is 31.4 Å². The van der Waals surface area contributed by atoms with E-state index < -0.39 is 6.04 Å². The number of fused-ring (bicyclic) bond motifs is 1. The van der Waals surface area contributed by atoms with E-state index in [1.54, 1.807) is 16.2 Å². The maximum absolute atomic E-state index is 12.9. The molecule has 1 fully saturated rings. The maximum atomic E-state index is 12.9. The van der Waals surface area contributed by atoms with Gasteiger partial charge in [-0.3, -0.25) is 9.59 Å². The highest BCUT2D eigenvalue weighted by Gasteiger charge is 2.33. The van der Waals surface area contributed by atoms with Crippen molar-refractivity contribution in [3.8, 4) is 0 Å². The molecule has 0 radical (unpaired) electrons. The number of anilines is 1. The summed E-state index contributed by atoms with van der Waals surface area (Å²) >= 11 is 3.03. The van der Waals surface area contributed by atoms with E-state index in [1.807, 2.05) is 17.5 Å². The lowest BCUT2D eigenvalue weighted by molar-refractivity contribution is -0.121. The molecule has 1 aliphatic heterocycles. The van der Waals surface area contributed by atoms with E-state index in [0.29, 0.717) is 23.0 Å². The fourth-order valence-corrected chi connectivity index (χ4v) is 5.49. The third kappa shape index (κ3) is 3.69. The molecule has 138 valence electrons. The molecule has 2 aromatic rings. The van der Waals surface area contributed by atoms with Gasteiger partial charge in [-0.1, -0.05) is 12.5 Å². The number of likely N-dealkylation sites (tertiary alicyclic amines) is 1. The van der Waals surface area contributed by atoms with Crippen LogP contribution in [-0.4, -0.2) is 34.3 Å². The highest BCUT2D eigenvalue weighted by Crippen LogP contribution is 2.30. The Balaban J connectivity index is 1.48. The second-order valence-electron chi connectivity index (χ2n) is 6.93. The molecule has 2 aliphatic rings. The van der Waals surface area contributed by atoms with Gasteiger partial charge in [-0.15, -0.1) is 22.7 Å². The van der Waals surface area contributed by atoms with Crippen molar-refractivity contribution < 1.29 is 9.59 Å². The van der Waals surface area contributed by atoms with Crippen molar-refractivity contribution in [2.75, 3.05) is 11.9 Å². The molecule has 1 N–H and O–H groups in total. The van der Waals surface area contributed by atoms with Crippen molar-refractivity contribution in [3.63, 3.8) is 0 Å². The van der Waals surface area contributed by atoms with E-state index in [1.165, 1.54) is 35.5 Å². The molecule has 7 heteroatoms. The molecule has 1 saturated heterocycles. The van der Waals surface area contributed by atoms with Gasteiger partial charge in [-0.05, 0) is 56.4 Å². The first kappa shape index (κ1) is 17.7. The molecule has 0 spiro atoms. The summed E-state index contributed by atoms with van der Waals surface area (Å²) in [5.41, 5.74) is 1.15. The Hall–Kier alpha value is -1.73. The monoisotopic (exact) mass is 389 g/mol. The van der Waals surface area contributed by atoms with E-state index in [2.05, 4.69) is 10.3 Å². The number of nitrogens with one attached hydrogen (secondary N) is 1. The summed E-state index contributed by atoms with van der Waals surface area (Å²) in [6, 6.07) is 3.30. The van der Waals surface area contributed by atoms with Crippen LogP contribution in [0.3, 0.4) is 0 Å². The Morgan fingerprint density at radius 3 is 2.88 bits per heavy atom. The molecule has 3 heterocycles. The van der Waals surface area contributed by atoms with Crippen molar-refractivity contribution >= 4 is 39.6 Å². The van der Waals surface area contributed by atoms with Gasteiger partial charge in [0.2, 0.25) is 5.91 Å². The Kier molecular flexibility index (Phi) is 5.36. The third-order valence-corrected chi connectivity index (χ3v) is 7.05. The van der Waals surface area contributed by atoms with Crippen LogP contribution < -0.4 is 5.32 Å². The molecule has 1 aliphatic carbocycles. The smallest absolute Gasteiger partial charge is 0.264 e. The number of thiophene rings is 1. The van der Waals surface area contributed by atoms with Crippen molar-refractivity contribution in [1.82, 2.24) is 9.88 Å². The first-order valence-electron chi connectivity index (χ1n) is 9.36. The number of aryl methyl sites for hydroxylation is 2. The number of nitrogens with zero attached hydrogens (tertiary/aromatic N) is 2. The maximum Gasteiger partial charge on any atom is 0.264 e. The van der Waals surface area contributed by atoms with Gasteiger partial charge in [-0.25, -0.2) is 4.98 Å². The van der Waals surface area contributed by atoms with Gasteiger partial charge < -0.3 is 10.2 Å². The van der Waals surface area contributed by atoms with E-state index in [4.69, 9.17) is 0 Å². The first-order chi connectivity index (χ1) is 12.7. The minimum absolute atomic E-state index is 0.0326. The fourth-order valence-electron chi connectivity index (χ4n) is 3.76. The van der Waals surface area contributed by atoms with Gasteiger partial charge in [-0.2, -0.15) is 0 Å². The van der Waals surface area contributed by atoms with E-state index in [9.17, 15) is 9.59 Å². The predicted octanol–water partition coefficient (Wildman–Crippen LogP) is 4.11. The lowest BCUT2D eigenvalue weighted by Crippen LogP contribution is -2.49. The van der Waals surface area contributed by atoms with E-state index >= 15 is 0 Å². The zero-order valence-corrected chi connectivity index (χ0v) is 16.3. The Morgan fingerprint density at radius 1 is 1.15 bits per heavy atom. The molecule has 0 aromatic carbocycles. The van der Waals surface area contributed by atoms with Crippen LogP contribution in [0.1, 0.15) is 58.8 Å². The lowest BCUT2D eigenvalue weighted by Gasteiger charge is -2.34. The Morgan fingerprint density at radius 2 is 2.04 bits per heavy atom. The summed E-state index contributed by atoms with van der Waals surface area (Å²) < 4.78 is 0. The Labute approximate surface area is 161 Å². The van der Waals surface area contributed by atoms with Gasteiger partial charge in [0.15, 0.2) is 5.13 Å². The summed E-state index contributed by atoms with van der Waals surface area (Å²) in [7, 11) is 0. The summed E-state index contributed by atoms with van der Waals surface area (Å²) in [5.74, 6) is -0.131. The number of hydrogen-bond donors (Lipinski definition) is 1. The van der Waals surface area contributed by atoms with Crippen molar-refractivity contribution in [3.05, 3.63) is 33.0 Å². The molecule has 1 unspecified atom stereocenters. The van der Waals surface area contributed by atoms with Crippen LogP contribution in [0.2, 0.25) is 0 Å². The average Bonchev–Trinajstić information content (AvgIpc) is 3.27. The molecule has 1 atom stereocenters. The molecule has 2 aromatic heterocycles. The second kappa shape index (κ2) is 7.88. The number of hydrogen-bond acceptors (Lipinski definition) is 5. The number of carbonyl (C=O) groups excluding carboxylic acids is 2. The van der Waals surface area contributed by atoms with Crippen LogP contribution in [0, 0.1) is 0 Å². The molecular weight excluding hydrogens is 366 g/mol. The average molecular weight is 390 g/mol. The van der Waals surface area contributed by atoms with Crippen LogP contribution in [-0.2, 0) is 17.6 Å². The standard InChI is InChI=1S/C19H23N3O2S2/c23-17(21-19-20-13-7-2-1-3-9-15(13)26-19)14-8-4-5-11-22(14)18(24)16-10-6-12-25-16/h6,10,12,14H,1-5,7-9,11H2,(H,20,21,23). The normalized spacial score (nSPS) is 20.3. The minimum atomic E-state index is -0.401. The Bertz CT molecular complexity index is 761. The van der Waals surface area contributed by atoms with Gasteiger partial charge in [0.25, 0.3) is 5.91 Å². The first-order valence-corrected chi connectivity index (χ1v) is 11.1. The quantitative estimate of drug-likeness (QED) is 0.804. The summed E-state index contributed by atoms with van der Waals surface area (Å²) in [5, 5.41) is 5.59. The molecule has 2 amide bonds. The number of piperidine rings is 1. The number of aromatic nitrogens is 1. The number of thiazole rings is 1. The number of amides is 2.